The second kappa shape index (κ2) is 5.81. The Balaban J connectivity index is 2.21. The van der Waals surface area contributed by atoms with Crippen molar-refractivity contribution in [2.75, 3.05) is 0 Å². The number of hydrogen-bond donors (Lipinski definition) is 2. The van der Waals surface area contributed by atoms with Gasteiger partial charge in [0.2, 0.25) is 0 Å². The Morgan fingerprint density at radius 3 is 2.26 bits per heavy atom. The molecule has 1 aromatic heterocycles. The first-order chi connectivity index (χ1) is 9.08. The first-order valence-corrected chi connectivity index (χ1v) is 5.61. The lowest BCUT2D eigenvalue weighted by atomic mass is 10.0. The fraction of sp³-hybridized carbons (Fsp3) is 0.154. The van der Waals surface area contributed by atoms with Crippen LogP contribution in [0, 0.1) is 17.5 Å². The molecule has 1 unspecified atom stereocenters. The Bertz CT molecular complexity index is 537. The van der Waals surface area contributed by atoms with Gasteiger partial charge in [-0.25, -0.2) is 13.2 Å². The average Bonchev–Trinajstić information content (AvgIpc) is 2.36. The van der Waals surface area contributed by atoms with Crippen molar-refractivity contribution in [3.05, 3.63) is 65.2 Å². The summed E-state index contributed by atoms with van der Waals surface area (Å²) in [6.07, 6.45) is 1.30. The SMILES string of the molecule is NNC(Cc1cc(F)cc(F)c1)c1ccc(F)cn1. The number of rotatable bonds is 4. The quantitative estimate of drug-likeness (QED) is 0.660. The lowest BCUT2D eigenvalue weighted by Crippen LogP contribution is -2.30. The molecule has 0 aliphatic rings. The van der Waals surface area contributed by atoms with Crippen LogP contribution in [0.15, 0.2) is 36.5 Å². The Kier molecular flexibility index (Phi) is 4.13. The summed E-state index contributed by atoms with van der Waals surface area (Å²) in [6, 6.07) is 5.49. The average molecular weight is 267 g/mol. The molecule has 0 amide bonds. The number of hydrazine groups is 1. The van der Waals surface area contributed by atoms with E-state index in [2.05, 4.69) is 10.4 Å². The summed E-state index contributed by atoms with van der Waals surface area (Å²) >= 11 is 0. The minimum Gasteiger partial charge on any atom is -0.271 e. The monoisotopic (exact) mass is 267 g/mol. The minimum absolute atomic E-state index is 0.240. The van der Waals surface area contributed by atoms with Crippen LogP contribution in [0.4, 0.5) is 13.2 Å². The van der Waals surface area contributed by atoms with Crippen molar-refractivity contribution in [3.8, 4) is 0 Å². The fourth-order valence-electron chi connectivity index (χ4n) is 1.81. The summed E-state index contributed by atoms with van der Waals surface area (Å²) in [5.74, 6) is 3.62. The molecule has 3 N–H and O–H groups in total. The van der Waals surface area contributed by atoms with E-state index in [4.69, 9.17) is 5.84 Å². The van der Waals surface area contributed by atoms with Crippen LogP contribution in [0.25, 0.3) is 0 Å². The zero-order chi connectivity index (χ0) is 13.8. The normalized spacial score (nSPS) is 12.4. The molecule has 0 spiro atoms. The van der Waals surface area contributed by atoms with Crippen LogP contribution in [0.3, 0.4) is 0 Å². The van der Waals surface area contributed by atoms with Gasteiger partial charge in [-0.15, -0.1) is 0 Å². The molecular formula is C13H12F3N3. The van der Waals surface area contributed by atoms with Crippen LogP contribution >= 0.6 is 0 Å². The Morgan fingerprint density at radius 2 is 1.74 bits per heavy atom. The van der Waals surface area contributed by atoms with Gasteiger partial charge in [-0.2, -0.15) is 0 Å². The van der Waals surface area contributed by atoms with Crippen molar-refractivity contribution >= 4 is 0 Å². The van der Waals surface area contributed by atoms with E-state index in [1.54, 1.807) is 0 Å². The maximum absolute atomic E-state index is 13.1. The number of nitrogens with zero attached hydrogens (tertiary/aromatic N) is 1. The van der Waals surface area contributed by atoms with Gasteiger partial charge in [-0.1, -0.05) is 0 Å². The van der Waals surface area contributed by atoms with Crippen LogP contribution in [-0.2, 0) is 6.42 Å². The molecule has 19 heavy (non-hydrogen) atoms. The number of aromatic nitrogens is 1. The molecule has 0 aliphatic carbocycles. The maximum Gasteiger partial charge on any atom is 0.141 e. The third-order valence-corrected chi connectivity index (χ3v) is 2.67. The maximum atomic E-state index is 13.1. The predicted octanol–water partition coefficient (Wildman–Crippen LogP) is 2.25. The van der Waals surface area contributed by atoms with E-state index in [1.807, 2.05) is 0 Å². The fourth-order valence-corrected chi connectivity index (χ4v) is 1.81. The highest BCUT2D eigenvalue weighted by molar-refractivity contribution is 5.21. The number of nitrogens with two attached hydrogens (primary N) is 1. The molecule has 0 saturated carbocycles. The van der Waals surface area contributed by atoms with Gasteiger partial charge in [0.15, 0.2) is 0 Å². The largest absolute Gasteiger partial charge is 0.271 e. The highest BCUT2D eigenvalue weighted by Crippen LogP contribution is 2.17. The van der Waals surface area contributed by atoms with Gasteiger partial charge >= 0.3 is 0 Å². The molecule has 6 heteroatoms. The van der Waals surface area contributed by atoms with Gasteiger partial charge in [0, 0.05) is 6.07 Å². The number of halogens is 3. The molecule has 0 fully saturated rings. The zero-order valence-corrected chi connectivity index (χ0v) is 9.91. The molecule has 0 aliphatic heterocycles. The number of pyridine rings is 1. The number of nitrogens with one attached hydrogen (secondary N) is 1. The Labute approximate surface area is 108 Å². The van der Waals surface area contributed by atoms with Gasteiger partial charge in [-0.3, -0.25) is 16.3 Å². The van der Waals surface area contributed by atoms with Crippen molar-refractivity contribution in [3.63, 3.8) is 0 Å². The summed E-state index contributed by atoms with van der Waals surface area (Å²) in [5.41, 5.74) is 3.43. The van der Waals surface area contributed by atoms with E-state index in [1.165, 1.54) is 24.3 Å². The van der Waals surface area contributed by atoms with Gasteiger partial charge in [-0.05, 0) is 36.2 Å². The van der Waals surface area contributed by atoms with E-state index in [-0.39, 0.29) is 6.42 Å². The molecule has 3 nitrogen and oxygen atoms in total. The molecule has 1 heterocycles. The first kappa shape index (κ1) is 13.5. The summed E-state index contributed by atoms with van der Waals surface area (Å²) in [4.78, 5) is 3.89. The van der Waals surface area contributed by atoms with Crippen molar-refractivity contribution in [1.82, 2.24) is 10.4 Å². The van der Waals surface area contributed by atoms with E-state index in [0.717, 1.165) is 12.3 Å². The third-order valence-electron chi connectivity index (χ3n) is 2.67. The van der Waals surface area contributed by atoms with E-state index >= 15 is 0 Å². The highest BCUT2D eigenvalue weighted by Gasteiger charge is 2.13. The van der Waals surface area contributed by atoms with Crippen LogP contribution in [0.1, 0.15) is 17.3 Å². The molecule has 1 atom stereocenters. The van der Waals surface area contributed by atoms with Crippen molar-refractivity contribution < 1.29 is 13.2 Å². The molecule has 100 valence electrons. The predicted molar refractivity (Wildman–Crippen MR) is 64.3 cm³/mol. The summed E-state index contributed by atoms with van der Waals surface area (Å²) in [6.45, 7) is 0. The van der Waals surface area contributed by atoms with Gasteiger partial charge < -0.3 is 0 Å². The van der Waals surface area contributed by atoms with E-state index in [9.17, 15) is 13.2 Å². The Morgan fingerprint density at radius 1 is 1.05 bits per heavy atom. The van der Waals surface area contributed by atoms with E-state index < -0.39 is 23.5 Å². The van der Waals surface area contributed by atoms with Crippen molar-refractivity contribution in [1.29, 1.82) is 0 Å². The molecule has 2 aromatic rings. The lowest BCUT2D eigenvalue weighted by Gasteiger charge is -2.15. The highest BCUT2D eigenvalue weighted by atomic mass is 19.1. The van der Waals surface area contributed by atoms with Crippen molar-refractivity contribution in [2.45, 2.75) is 12.5 Å². The molecule has 0 bridgehead atoms. The summed E-state index contributed by atoms with van der Waals surface area (Å²) in [7, 11) is 0. The molecule has 2 rings (SSSR count). The Hall–Kier alpha value is -1.92. The van der Waals surface area contributed by atoms with Crippen LogP contribution in [0.5, 0.6) is 0 Å². The number of benzene rings is 1. The second-order valence-corrected chi connectivity index (χ2v) is 4.10. The number of hydrogen-bond acceptors (Lipinski definition) is 3. The third kappa shape index (κ3) is 3.52. The van der Waals surface area contributed by atoms with Crippen LogP contribution in [0.2, 0.25) is 0 Å². The molecule has 0 saturated heterocycles. The van der Waals surface area contributed by atoms with Crippen molar-refractivity contribution in [2.24, 2.45) is 5.84 Å². The molecule has 1 aromatic carbocycles. The van der Waals surface area contributed by atoms with Gasteiger partial charge in [0.1, 0.15) is 17.5 Å². The van der Waals surface area contributed by atoms with Crippen LogP contribution < -0.4 is 11.3 Å². The topological polar surface area (TPSA) is 50.9 Å². The van der Waals surface area contributed by atoms with Gasteiger partial charge in [0.05, 0.1) is 17.9 Å². The van der Waals surface area contributed by atoms with E-state index in [0.29, 0.717) is 11.3 Å². The molecular weight excluding hydrogens is 255 g/mol. The van der Waals surface area contributed by atoms with Gasteiger partial charge in [0.25, 0.3) is 0 Å². The first-order valence-electron chi connectivity index (χ1n) is 5.61. The second-order valence-electron chi connectivity index (χ2n) is 4.10. The smallest absolute Gasteiger partial charge is 0.141 e. The zero-order valence-electron chi connectivity index (χ0n) is 9.91. The molecule has 0 radical (unpaired) electrons. The van der Waals surface area contributed by atoms with Crippen LogP contribution in [-0.4, -0.2) is 4.98 Å². The minimum atomic E-state index is -0.655. The lowest BCUT2D eigenvalue weighted by molar-refractivity contribution is 0.525. The summed E-state index contributed by atoms with van der Waals surface area (Å²) < 4.78 is 38.9. The summed E-state index contributed by atoms with van der Waals surface area (Å²) in [5, 5.41) is 0. The standard InChI is InChI=1S/C13H12F3N3/c14-9-1-2-12(18-7-9)13(19-17)5-8-3-10(15)6-11(16)4-8/h1-4,6-7,13,19H,5,17H2.